The summed E-state index contributed by atoms with van der Waals surface area (Å²) in [5, 5.41) is 0.412. The van der Waals surface area contributed by atoms with Crippen LogP contribution in [0.5, 0.6) is 0 Å². The Morgan fingerprint density at radius 2 is 1.30 bits per heavy atom. The first-order valence-corrected chi connectivity index (χ1v) is 9.96. The summed E-state index contributed by atoms with van der Waals surface area (Å²) in [6.45, 7) is 12.6. The van der Waals surface area contributed by atoms with E-state index in [2.05, 4.69) is 60.7 Å². The van der Waals surface area contributed by atoms with Crippen LogP contribution in [0.2, 0.25) is 0 Å². The van der Waals surface area contributed by atoms with Crippen LogP contribution in [0, 0.1) is 11.6 Å². The average Bonchev–Trinajstić information content (AvgIpc) is 2.09. The number of alkyl halides is 1. The van der Waals surface area contributed by atoms with Gasteiger partial charge in [-0.3, -0.25) is 0 Å². The Labute approximate surface area is 137 Å². The maximum atomic E-state index is 13.7. The van der Waals surface area contributed by atoms with Crippen molar-refractivity contribution in [2.45, 2.75) is 55.4 Å². The quantitative estimate of drug-likeness (QED) is 0.363. The fourth-order valence-corrected chi connectivity index (χ4v) is 16.8. The van der Waals surface area contributed by atoms with Crippen LogP contribution in [0.1, 0.15) is 41.5 Å². The molecule has 0 N–H and O–H groups in total. The summed E-state index contributed by atoms with van der Waals surface area (Å²) in [5.74, 6) is -1.08. The first-order chi connectivity index (χ1) is 8.84. The van der Waals surface area contributed by atoms with E-state index in [9.17, 15) is 8.78 Å². The molecule has 0 saturated heterocycles. The first-order valence-electron chi connectivity index (χ1n) is 6.55. The van der Waals surface area contributed by atoms with Crippen LogP contribution in [0.3, 0.4) is 0 Å². The summed E-state index contributed by atoms with van der Waals surface area (Å²) in [6, 6.07) is 3.82. The van der Waals surface area contributed by atoms with Gasteiger partial charge in [0.25, 0.3) is 0 Å². The zero-order chi connectivity index (χ0) is 15.9. The van der Waals surface area contributed by atoms with Gasteiger partial charge >= 0.3 is 137 Å². The Morgan fingerprint density at radius 1 is 0.950 bits per heavy atom. The van der Waals surface area contributed by atoms with Gasteiger partial charge in [-0.25, -0.2) is 0 Å². The van der Waals surface area contributed by atoms with Gasteiger partial charge in [-0.15, -0.1) is 0 Å². The molecule has 0 aliphatic heterocycles. The minimum absolute atomic E-state index is 0.156. The van der Waals surface area contributed by atoms with Crippen molar-refractivity contribution < 1.29 is 28.0 Å². The van der Waals surface area contributed by atoms with E-state index in [1.54, 1.807) is 0 Å². The Kier molecular flexibility index (Phi) is 5.48. The fraction of sp³-hybridized carbons (Fsp3) is 0.600. The summed E-state index contributed by atoms with van der Waals surface area (Å²) in [7, 11) is -2.50. The normalized spacial score (nSPS) is 16.1. The second-order valence-electron chi connectivity index (χ2n) is 7.24. The molecule has 1 rings (SSSR count). The predicted octanol–water partition coefficient (Wildman–Crippen LogP) is 5.01. The molecule has 0 amide bonds. The summed E-state index contributed by atoms with van der Waals surface area (Å²) in [5.41, 5.74) is 0. The molecule has 1 unspecified atom stereocenters. The Bertz CT molecular complexity index is 455. The summed E-state index contributed by atoms with van der Waals surface area (Å²) < 4.78 is 27.2. The van der Waals surface area contributed by atoms with Gasteiger partial charge in [0.15, 0.2) is 0 Å². The summed E-state index contributed by atoms with van der Waals surface area (Å²) >= 11 is 9.78. The number of hydrogen-bond donors (Lipinski definition) is 0. The molecular formula is C15H23ClF2PPd. The maximum absolute atomic E-state index is 13.7. The van der Waals surface area contributed by atoms with E-state index in [1.165, 1.54) is 12.1 Å². The SMILES string of the molecule is CC(C)(C)[PH](c1cc(F)cc(F)c1)([CH](Cl)[Pd])C(C)(C)C. The molecule has 20 heavy (non-hydrogen) atoms. The standard InChI is InChI=1S/C15H23ClF2P.Pd/c1-14(2,3)19(10-16,15(4,5)6)13-8-11(17)7-12(18)9-13;/h7-10,19H,1-6H3;. The van der Waals surface area contributed by atoms with Crippen LogP contribution in [-0.4, -0.2) is 13.9 Å². The molecule has 5 heteroatoms. The zero-order valence-corrected chi connectivity index (χ0v) is 16.1. The summed E-state index contributed by atoms with van der Waals surface area (Å²) in [6.07, 6.45) is 0. The molecule has 0 radical (unpaired) electrons. The average molecular weight is 414 g/mol. The molecule has 0 bridgehead atoms. The third kappa shape index (κ3) is 3.12. The number of benzene rings is 1. The van der Waals surface area contributed by atoms with Crippen molar-refractivity contribution in [2.75, 3.05) is 0 Å². The number of rotatable bonds is 2. The van der Waals surface area contributed by atoms with E-state index >= 15 is 0 Å². The third-order valence-corrected chi connectivity index (χ3v) is 13.5. The molecule has 119 valence electrons. The molecule has 0 heterocycles. The molecule has 0 fully saturated rings. The van der Waals surface area contributed by atoms with E-state index in [0.717, 1.165) is 11.4 Å². The summed E-state index contributed by atoms with van der Waals surface area (Å²) in [4.78, 5) is 0. The second kappa shape index (κ2) is 5.92. The van der Waals surface area contributed by atoms with E-state index in [1.807, 2.05) is 0 Å². The van der Waals surface area contributed by atoms with Gasteiger partial charge in [0.2, 0.25) is 0 Å². The van der Waals surface area contributed by atoms with Crippen molar-refractivity contribution in [1.29, 1.82) is 0 Å². The van der Waals surface area contributed by atoms with Crippen LogP contribution in [0.15, 0.2) is 18.2 Å². The van der Waals surface area contributed by atoms with Crippen molar-refractivity contribution in [3.05, 3.63) is 29.8 Å². The Morgan fingerprint density at radius 3 is 1.55 bits per heavy atom. The molecule has 0 aliphatic carbocycles. The monoisotopic (exact) mass is 413 g/mol. The Hall–Kier alpha value is 0.462. The fourth-order valence-electron chi connectivity index (χ4n) is 3.49. The molecule has 0 aromatic heterocycles. The van der Waals surface area contributed by atoms with Crippen molar-refractivity contribution in [3.8, 4) is 0 Å². The van der Waals surface area contributed by atoms with Crippen LogP contribution in [0.25, 0.3) is 0 Å². The number of hydrogen-bond acceptors (Lipinski definition) is 0. The first kappa shape index (κ1) is 18.5. The Balaban J connectivity index is 3.77. The van der Waals surface area contributed by atoms with Gasteiger partial charge in [0.1, 0.15) is 0 Å². The van der Waals surface area contributed by atoms with Crippen molar-refractivity contribution in [1.82, 2.24) is 0 Å². The molecule has 0 saturated carbocycles. The van der Waals surface area contributed by atoms with E-state index in [-0.39, 0.29) is 13.9 Å². The molecule has 0 aliphatic rings. The topological polar surface area (TPSA) is 0 Å². The molecule has 0 spiro atoms. The van der Waals surface area contributed by atoms with Crippen LogP contribution >= 0.6 is 18.9 Å². The van der Waals surface area contributed by atoms with Crippen LogP contribution < -0.4 is 5.30 Å². The van der Waals surface area contributed by atoms with Crippen molar-refractivity contribution >= 4 is 24.2 Å². The van der Waals surface area contributed by atoms with Gasteiger partial charge in [0.05, 0.1) is 0 Å². The molecule has 1 aromatic carbocycles. The zero-order valence-electron chi connectivity index (χ0n) is 12.8. The number of halogens is 3. The van der Waals surface area contributed by atoms with Crippen molar-refractivity contribution in [3.63, 3.8) is 0 Å². The molecule has 0 nitrogen and oxygen atoms in total. The molecule has 1 aromatic rings. The third-order valence-electron chi connectivity index (χ3n) is 3.98. The van der Waals surface area contributed by atoms with Gasteiger partial charge in [-0.05, 0) is 0 Å². The van der Waals surface area contributed by atoms with Gasteiger partial charge < -0.3 is 0 Å². The molecule has 1 atom stereocenters. The van der Waals surface area contributed by atoms with Crippen LogP contribution in [0.4, 0.5) is 8.78 Å². The minimum atomic E-state index is -2.50. The van der Waals surface area contributed by atoms with Gasteiger partial charge in [-0.1, -0.05) is 0 Å². The van der Waals surface area contributed by atoms with E-state index < -0.39 is 18.9 Å². The van der Waals surface area contributed by atoms with Crippen molar-refractivity contribution in [2.24, 2.45) is 0 Å². The predicted molar refractivity (Wildman–Crippen MR) is 83.5 cm³/mol. The van der Waals surface area contributed by atoms with E-state index in [4.69, 9.17) is 11.6 Å². The van der Waals surface area contributed by atoms with E-state index in [0.29, 0.717) is 0 Å². The second-order valence-corrected chi connectivity index (χ2v) is 16.0. The van der Waals surface area contributed by atoms with Gasteiger partial charge in [0, 0.05) is 0 Å². The van der Waals surface area contributed by atoms with Crippen LogP contribution in [-0.2, 0) is 19.2 Å². The van der Waals surface area contributed by atoms with Gasteiger partial charge in [-0.2, -0.15) is 0 Å². The molecular weight excluding hydrogens is 391 g/mol.